The number of hydrogen-bond acceptors (Lipinski definition) is 6. The van der Waals surface area contributed by atoms with Crippen molar-refractivity contribution < 1.29 is 23.5 Å². The van der Waals surface area contributed by atoms with Gasteiger partial charge in [-0.3, -0.25) is 9.59 Å². The van der Waals surface area contributed by atoms with E-state index in [0.717, 1.165) is 12.8 Å². The van der Waals surface area contributed by atoms with Crippen LogP contribution >= 0.6 is 0 Å². The Labute approximate surface area is 208 Å². The molecular weight excluding hydrogens is 465 g/mol. The fourth-order valence-corrected chi connectivity index (χ4v) is 4.56. The average molecular weight is 496 g/mol. The van der Waals surface area contributed by atoms with Gasteiger partial charge in [-0.25, -0.2) is 14.4 Å². The number of H-pyrrole nitrogens is 1. The predicted octanol–water partition coefficient (Wildman–Crippen LogP) is 3.69. The van der Waals surface area contributed by atoms with Crippen molar-refractivity contribution in [1.29, 1.82) is 0 Å². The number of aromatic amines is 1. The van der Waals surface area contributed by atoms with Crippen LogP contribution in [0.3, 0.4) is 0 Å². The Morgan fingerprint density at radius 3 is 2.64 bits per heavy atom. The van der Waals surface area contributed by atoms with Gasteiger partial charge in [0.15, 0.2) is 11.6 Å². The second-order valence-corrected chi connectivity index (χ2v) is 9.37. The van der Waals surface area contributed by atoms with Gasteiger partial charge in [0.1, 0.15) is 23.3 Å². The summed E-state index contributed by atoms with van der Waals surface area (Å²) in [4.78, 5) is 38.8. The minimum Gasteiger partial charge on any atom is -0.494 e. The minimum atomic E-state index is -0.518. The molecule has 1 saturated carbocycles. The molecule has 0 unspecified atom stereocenters. The number of piperidine rings is 1. The van der Waals surface area contributed by atoms with Gasteiger partial charge in [0.25, 0.3) is 5.91 Å². The van der Waals surface area contributed by atoms with Crippen LogP contribution in [0.4, 0.5) is 4.39 Å². The Bertz CT molecular complexity index is 1280. The number of hydrogen-bond donors (Lipinski definition) is 2. The van der Waals surface area contributed by atoms with Crippen LogP contribution in [0.5, 0.6) is 11.5 Å². The summed E-state index contributed by atoms with van der Waals surface area (Å²) in [6.45, 7) is 3.63. The van der Waals surface area contributed by atoms with E-state index in [9.17, 15) is 14.0 Å². The van der Waals surface area contributed by atoms with Gasteiger partial charge in [0.2, 0.25) is 5.91 Å². The number of nitrogens with one attached hydrogen (secondary N) is 2. The number of likely N-dealkylation sites (tertiary alicyclic amines) is 1. The topological polar surface area (TPSA) is 109 Å². The molecule has 2 fully saturated rings. The van der Waals surface area contributed by atoms with Crippen LogP contribution in [0.25, 0.3) is 22.3 Å². The number of rotatable bonds is 8. The molecule has 1 aromatic carbocycles. The molecule has 2 N–H and O–H groups in total. The first-order valence-corrected chi connectivity index (χ1v) is 12.4. The number of carbonyl (C=O) groups is 2. The van der Waals surface area contributed by atoms with Crippen molar-refractivity contribution in [3.63, 3.8) is 0 Å². The maximum atomic E-state index is 14.5. The van der Waals surface area contributed by atoms with Crippen LogP contribution in [-0.2, 0) is 4.79 Å². The zero-order valence-electron chi connectivity index (χ0n) is 20.5. The van der Waals surface area contributed by atoms with Crippen LogP contribution in [0, 0.1) is 11.7 Å². The first-order valence-electron chi connectivity index (χ1n) is 12.4. The molecule has 2 amide bonds. The average Bonchev–Trinajstić information content (AvgIpc) is 3.63. The number of methoxy groups -OCH3 is 1. The number of aromatic nitrogens is 3. The summed E-state index contributed by atoms with van der Waals surface area (Å²) >= 11 is 0. The van der Waals surface area contributed by atoms with Crippen LogP contribution in [0.2, 0.25) is 0 Å². The Hall–Kier alpha value is -3.69. The molecular formula is C26H30FN5O4. The lowest BCUT2D eigenvalue weighted by molar-refractivity contribution is -0.131. The van der Waals surface area contributed by atoms with Crippen LogP contribution in [0.15, 0.2) is 24.7 Å². The first kappa shape index (κ1) is 24.0. The Balaban J connectivity index is 1.40. The van der Waals surface area contributed by atoms with Gasteiger partial charge in [-0.1, -0.05) is 6.92 Å². The Kier molecular flexibility index (Phi) is 6.75. The van der Waals surface area contributed by atoms with E-state index < -0.39 is 5.82 Å². The Morgan fingerprint density at radius 2 is 1.94 bits per heavy atom. The summed E-state index contributed by atoms with van der Waals surface area (Å²) in [5.41, 5.74) is 2.47. The van der Waals surface area contributed by atoms with Crippen molar-refractivity contribution in [3.8, 4) is 22.8 Å². The summed E-state index contributed by atoms with van der Waals surface area (Å²) in [6.07, 6.45) is 7.11. The lowest BCUT2D eigenvalue weighted by Crippen LogP contribution is -2.46. The zero-order chi connectivity index (χ0) is 25.2. The summed E-state index contributed by atoms with van der Waals surface area (Å²) < 4.78 is 25.7. The number of halogens is 1. The van der Waals surface area contributed by atoms with E-state index in [1.165, 1.54) is 19.5 Å². The standard InChI is InChI=1S/C26H30FN5O4/c1-3-22(33)32-8-6-16(7-9-32)31-26(34)18-12-28-25-23(29-14-30-24(18)25)17-10-21(35-2)19(27)11-20(17)36-13-15-4-5-15/h10-12,14-16,28H,3-9,13H2,1-2H3,(H,31,34). The van der Waals surface area contributed by atoms with E-state index in [1.807, 2.05) is 11.8 Å². The van der Waals surface area contributed by atoms with Crippen LogP contribution in [0.1, 0.15) is 49.4 Å². The molecule has 3 aromatic rings. The second kappa shape index (κ2) is 10.1. The van der Waals surface area contributed by atoms with Gasteiger partial charge in [0.05, 0.1) is 24.8 Å². The summed E-state index contributed by atoms with van der Waals surface area (Å²) in [5, 5.41) is 3.08. The molecule has 5 rings (SSSR count). The van der Waals surface area contributed by atoms with E-state index in [-0.39, 0.29) is 23.6 Å². The molecule has 2 aliphatic rings. The van der Waals surface area contributed by atoms with Gasteiger partial charge in [-0.2, -0.15) is 0 Å². The van der Waals surface area contributed by atoms with Crippen molar-refractivity contribution in [2.45, 2.75) is 45.1 Å². The maximum absolute atomic E-state index is 14.5. The lowest BCUT2D eigenvalue weighted by atomic mass is 10.0. The van der Waals surface area contributed by atoms with E-state index in [0.29, 0.717) is 78.5 Å². The minimum absolute atomic E-state index is 0.0200. The number of fused-ring (bicyclic) bond motifs is 1. The van der Waals surface area contributed by atoms with Gasteiger partial charge in [-0.15, -0.1) is 0 Å². The molecule has 0 radical (unpaired) electrons. The van der Waals surface area contributed by atoms with Gasteiger partial charge in [0, 0.05) is 43.4 Å². The monoisotopic (exact) mass is 495 g/mol. The molecule has 0 bridgehead atoms. The van der Waals surface area contributed by atoms with Gasteiger partial charge in [-0.05, 0) is 37.7 Å². The molecule has 1 saturated heterocycles. The quantitative estimate of drug-likeness (QED) is 0.493. The smallest absolute Gasteiger partial charge is 0.255 e. The molecule has 10 heteroatoms. The molecule has 0 atom stereocenters. The van der Waals surface area contributed by atoms with Crippen molar-refractivity contribution in [3.05, 3.63) is 36.0 Å². The van der Waals surface area contributed by atoms with Crippen LogP contribution < -0.4 is 14.8 Å². The normalized spacial score (nSPS) is 16.2. The van der Waals surface area contributed by atoms with Crippen molar-refractivity contribution >= 4 is 22.8 Å². The third-order valence-corrected chi connectivity index (χ3v) is 6.87. The van der Waals surface area contributed by atoms with Crippen molar-refractivity contribution in [2.24, 2.45) is 5.92 Å². The highest BCUT2D eigenvalue weighted by Crippen LogP contribution is 2.39. The highest BCUT2D eigenvalue weighted by Gasteiger charge is 2.27. The summed E-state index contributed by atoms with van der Waals surface area (Å²) in [7, 11) is 1.40. The van der Waals surface area contributed by atoms with Gasteiger partial charge >= 0.3 is 0 Å². The largest absolute Gasteiger partial charge is 0.494 e. The molecule has 0 spiro atoms. The van der Waals surface area contributed by atoms with E-state index in [2.05, 4.69) is 20.3 Å². The molecule has 1 aliphatic carbocycles. The highest BCUT2D eigenvalue weighted by atomic mass is 19.1. The third kappa shape index (κ3) is 4.84. The molecule has 2 aromatic heterocycles. The van der Waals surface area contributed by atoms with Crippen molar-refractivity contribution in [2.75, 3.05) is 26.8 Å². The highest BCUT2D eigenvalue weighted by molar-refractivity contribution is 6.08. The SMILES string of the molecule is CCC(=O)N1CCC(NC(=O)c2c[nH]c3c(-c4cc(OC)c(F)cc4OCC4CC4)ncnc23)CC1. The van der Waals surface area contributed by atoms with E-state index in [4.69, 9.17) is 9.47 Å². The summed E-state index contributed by atoms with van der Waals surface area (Å²) in [5.74, 6) is 0.311. The number of nitrogens with zero attached hydrogens (tertiary/aromatic N) is 3. The molecule has 3 heterocycles. The fraction of sp³-hybridized carbons (Fsp3) is 0.462. The third-order valence-electron chi connectivity index (χ3n) is 6.87. The van der Waals surface area contributed by atoms with E-state index >= 15 is 0 Å². The molecule has 36 heavy (non-hydrogen) atoms. The molecule has 1 aliphatic heterocycles. The second-order valence-electron chi connectivity index (χ2n) is 9.37. The van der Waals surface area contributed by atoms with Gasteiger partial charge < -0.3 is 24.7 Å². The number of benzene rings is 1. The summed E-state index contributed by atoms with van der Waals surface area (Å²) in [6, 6.07) is 2.86. The van der Waals surface area contributed by atoms with Crippen molar-refractivity contribution in [1.82, 2.24) is 25.2 Å². The number of amides is 2. The predicted molar refractivity (Wildman–Crippen MR) is 131 cm³/mol. The number of carbonyl (C=O) groups excluding carboxylic acids is 2. The lowest BCUT2D eigenvalue weighted by Gasteiger charge is -2.32. The molecule has 190 valence electrons. The maximum Gasteiger partial charge on any atom is 0.255 e. The fourth-order valence-electron chi connectivity index (χ4n) is 4.56. The first-order chi connectivity index (χ1) is 17.5. The zero-order valence-corrected chi connectivity index (χ0v) is 20.5. The number of ether oxygens (including phenoxy) is 2. The Morgan fingerprint density at radius 1 is 1.17 bits per heavy atom. The van der Waals surface area contributed by atoms with E-state index in [1.54, 1.807) is 12.3 Å². The van der Waals surface area contributed by atoms with Crippen LogP contribution in [-0.4, -0.2) is 64.5 Å². The molecule has 9 nitrogen and oxygen atoms in total.